The molecule has 0 saturated carbocycles. The molecule has 1 amide bonds. The van der Waals surface area contributed by atoms with Gasteiger partial charge in [0.2, 0.25) is 5.91 Å². The Labute approximate surface area is 119 Å². The molecule has 3 heteroatoms. The molecule has 2 aromatic carbocycles. The Balaban J connectivity index is 1.90. The number of aliphatic hydroxyl groups is 1. The first kappa shape index (κ1) is 14.3. The summed E-state index contributed by atoms with van der Waals surface area (Å²) >= 11 is 0. The summed E-state index contributed by atoms with van der Waals surface area (Å²) in [6, 6.07) is 15.5. The van der Waals surface area contributed by atoms with Crippen LogP contribution in [0.4, 0.5) is 0 Å². The first-order valence-electron chi connectivity index (χ1n) is 6.69. The number of hydrogen-bond acceptors (Lipinski definition) is 2. The Hall–Kier alpha value is -2.13. The number of amides is 1. The van der Waals surface area contributed by atoms with Gasteiger partial charge in [-0.05, 0) is 23.6 Å². The van der Waals surface area contributed by atoms with Crippen molar-refractivity contribution in [3.63, 3.8) is 0 Å². The SMILES string of the molecule is Cc1ccc(CC(=O)NCc2ccccc2CO)cc1. The monoisotopic (exact) mass is 269 g/mol. The Bertz CT molecular complexity index is 576. The van der Waals surface area contributed by atoms with Gasteiger partial charge < -0.3 is 10.4 Å². The number of benzene rings is 2. The van der Waals surface area contributed by atoms with Crippen LogP contribution in [0.3, 0.4) is 0 Å². The molecule has 0 unspecified atom stereocenters. The summed E-state index contributed by atoms with van der Waals surface area (Å²) in [5.41, 5.74) is 3.99. The molecule has 2 aromatic rings. The molecule has 0 aromatic heterocycles. The predicted octanol–water partition coefficient (Wildman–Crippen LogP) is 2.35. The van der Waals surface area contributed by atoms with Crippen molar-refractivity contribution in [2.24, 2.45) is 0 Å². The fourth-order valence-corrected chi connectivity index (χ4v) is 2.03. The maximum Gasteiger partial charge on any atom is 0.224 e. The van der Waals surface area contributed by atoms with Gasteiger partial charge in [0.05, 0.1) is 13.0 Å². The van der Waals surface area contributed by atoms with E-state index in [1.807, 2.05) is 55.5 Å². The molecule has 0 aliphatic rings. The molecule has 2 N–H and O–H groups in total. The van der Waals surface area contributed by atoms with E-state index in [9.17, 15) is 9.90 Å². The molecule has 0 saturated heterocycles. The predicted molar refractivity (Wildman–Crippen MR) is 79.1 cm³/mol. The van der Waals surface area contributed by atoms with Crippen molar-refractivity contribution in [2.75, 3.05) is 0 Å². The summed E-state index contributed by atoms with van der Waals surface area (Å²) in [5, 5.41) is 12.1. The van der Waals surface area contributed by atoms with Gasteiger partial charge in [-0.2, -0.15) is 0 Å². The standard InChI is InChI=1S/C17H19NO2/c1-13-6-8-14(9-7-13)10-17(20)18-11-15-4-2-3-5-16(15)12-19/h2-9,19H,10-12H2,1H3,(H,18,20). The van der Waals surface area contributed by atoms with Crippen LogP contribution in [-0.4, -0.2) is 11.0 Å². The second kappa shape index (κ2) is 6.87. The van der Waals surface area contributed by atoms with Crippen LogP contribution in [0.2, 0.25) is 0 Å². The molecule has 0 atom stereocenters. The average molecular weight is 269 g/mol. The van der Waals surface area contributed by atoms with Crippen LogP contribution in [0.5, 0.6) is 0 Å². The highest BCUT2D eigenvalue weighted by atomic mass is 16.3. The second-order valence-corrected chi connectivity index (χ2v) is 4.87. The van der Waals surface area contributed by atoms with Gasteiger partial charge in [-0.25, -0.2) is 0 Å². The number of carbonyl (C=O) groups excluding carboxylic acids is 1. The van der Waals surface area contributed by atoms with E-state index < -0.39 is 0 Å². The third kappa shape index (κ3) is 3.93. The highest BCUT2D eigenvalue weighted by molar-refractivity contribution is 5.78. The zero-order valence-electron chi connectivity index (χ0n) is 11.6. The number of aryl methyl sites for hydroxylation is 1. The third-order valence-corrected chi connectivity index (χ3v) is 3.25. The minimum absolute atomic E-state index is 0.00991. The normalized spacial score (nSPS) is 10.3. The molecular weight excluding hydrogens is 250 g/mol. The van der Waals surface area contributed by atoms with Gasteiger partial charge in [0, 0.05) is 6.54 Å². The number of hydrogen-bond donors (Lipinski definition) is 2. The summed E-state index contributed by atoms with van der Waals surface area (Å²) in [7, 11) is 0. The minimum atomic E-state index is -0.0124. The minimum Gasteiger partial charge on any atom is -0.392 e. The van der Waals surface area contributed by atoms with Gasteiger partial charge in [0.1, 0.15) is 0 Å². The molecule has 0 spiro atoms. The van der Waals surface area contributed by atoms with Crippen molar-refractivity contribution >= 4 is 5.91 Å². The lowest BCUT2D eigenvalue weighted by molar-refractivity contribution is -0.120. The lowest BCUT2D eigenvalue weighted by atomic mass is 10.1. The molecule has 0 radical (unpaired) electrons. The van der Waals surface area contributed by atoms with E-state index in [2.05, 4.69) is 5.32 Å². The van der Waals surface area contributed by atoms with Crippen molar-refractivity contribution < 1.29 is 9.90 Å². The van der Waals surface area contributed by atoms with Crippen LogP contribution in [-0.2, 0) is 24.4 Å². The van der Waals surface area contributed by atoms with Crippen LogP contribution in [0.25, 0.3) is 0 Å². The van der Waals surface area contributed by atoms with Crippen LogP contribution >= 0.6 is 0 Å². The van der Waals surface area contributed by atoms with Crippen molar-refractivity contribution in [1.82, 2.24) is 5.32 Å². The van der Waals surface area contributed by atoms with Crippen molar-refractivity contribution in [3.05, 3.63) is 70.8 Å². The quantitative estimate of drug-likeness (QED) is 0.875. The van der Waals surface area contributed by atoms with Gasteiger partial charge in [-0.1, -0.05) is 54.1 Å². The van der Waals surface area contributed by atoms with Gasteiger partial charge >= 0.3 is 0 Å². The van der Waals surface area contributed by atoms with E-state index in [1.54, 1.807) is 0 Å². The number of carbonyl (C=O) groups is 1. The van der Waals surface area contributed by atoms with Crippen LogP contribution < -0.4 is 5.32 Å². The molecule has 0 fully saturated rings. The van der Waals surface area contributed by atoms with Gasteiger partial charge in [-0.3, -0.25) is 4.79 Å². The van der Waals surface area contributed by atoms with E-state index in [4.69, 9.17) is 0 Å². The fourth-order valence-electron chi connectivity index (χ4n) is 2.03. The molecule has 3 nitrogen and oxygen atoms in total. The summed E-state index contributed by atoms with van der Waals surface area (Å²) in [6.45, 7) is 2.46. The fraction of sp³-hybridized carbons (Fsp3) is 0.235. The van der Waals surface area contributed by atoms with E-state index in [1.165, 1.54) is 5.56 Å². The molecular formula is C17H19NO2. The molecule has 0 heterocycles. The molecule has 0 bridgehead atoms. The summed E-state index contributed by atoms with van der Waals surface area (Å²) in [5.74, 6) is -0.0124. The van der Waals surface area contributed by atoms with E-state index in [0.717, 1.165) is 16.7 Å². The summed E-state index contributed by atoms with van der Waals surface area (Å²) in [4.78, 5) is 11.9. The zero-order chi connectivity index (χ0) is 14.4. The molecule has 0 aliphatic carbocycles. The molecule has 2 rings (SSSR count). The Morgan fingerprint density at radius 2 is 1.70 bits per heavy atom. The Kier molecular flexibility index (Phi) is 4.91. The molecule has 0 aliphatic heterocycles. The first-order valence-corrected chi connectivity index (χ1v) is 6.69. The smallest absolute Gasteiger partial charge is 0.224 e. The topological polar surface area (TPSA) is 49.3 Å². The lowest BCUT2D eigenvalue weighted by Crippen LogP contribution is -2.25. The van der Waals surface area contributed by atoms with E-state index in [0.29, 0.717) is 13.0 Å². The average Bonchev–Trinajstić information content (AvgIpc) is 2.48. The summed E-state index contributed by atoms with van der Waals surface area (Å²) < 4.78 is 0. The molecule has 104 valence electrons. The van der Waals surface area contributed by atoms with Crippen molar-refractivity contribution in [3.8, 4) is 0 Å². The second-order valence-electron chi connectivity index (χ2n) is 4.87. The van der Waals surface area contributed by atoms with Gasteiger partial charge in [-0.15, -0.1) is 0 Å². The van der Waals surface area contributed by atoms with Crippen molar-refractivity contribution in [1.29, 1.82) is 0 Å². The van der Waals surface area contributed by atoms with E-state index in [-0.39, 0.29) is 12.5 Å². The van der Waals surface area contributed by atoms with Crippen LogP contribution in [0.1, 0.15) is 22.3 Å². The summed E-state index contributed by atoms with van der Waals surface area (Å²) in [6.07, 6.45) is 0.377. The lowest BCUT2D eigenvalue weighted by Gasteiger charge is -2.09. The Morgan fingerprint density at radius 1 is 1.05 bits per heavy atom. The maximum absolute atomic E-state index is 11.9. The maximum atomic E-state index is 11.9. The number of aliphatic hydroxyl groups excluding tert-OH is 1. The zero-order valence-corrected chi connectivity index (χ0v) is 11.6. The van der Waals surface area contributed by atoms with Gasteiger partial charge in [0.25, 0.3) is 0 Å². The third-order valence-electron chi connectivity index (χ3n) is 3.25. The molecule has 20 heavy (non-hydrogen) atoms. The highest BCUT2D eigenvalue weighted by Gasteiger charge is 2.05. The van der Waals surface area contributed by atoms with Crippen LogP contribution in [0, 0.1) is 6.92 Å². The van der Waals surface area contributed by atoms with E-state index >= 15 is 0 Å². The van der Waals surface area contributed by atoms with Crippen molar-refractivity contribution in [2.45, 2.75) is 26.5 Å². The van der Waals surface area contributed by atoms with Gasteiger partial charge in [0.15, 0.2) is 0 Å². The first-order chi connectivity index (χ1) is 9.69. The van der Waals surface area contributed by atoms with Crippen LogP contribution in [0.15, 0.2) is 48.5 Å². The highest BCUT2D eigenvalue weighted by Crippen LogP contribution is 2.08. The largest absolute Gasteiger partial charge is 0.392 e. The number of rotatable bonds is 5. The number of nitrogens with one attached hydrogen (secondary N) is 1. The Morgan fingerprint density at radius 3 is 2.35 bits per heavy atom.